The molecular weight excluding hydrogens is 278 g/mol. The van der Waals surface area contributed by atoms with Gasteiger partial charge in [0.05, 0.1) is 5.56 Å². The second kappa shape index (κ2) is 5.67. The van der Waals surface area contributed by atoms with E-state index in [4.69, 9.17) is 0 Å². The van der Waals surface area contributed by atoms with Crippen LogP contribution in [0.15, 0.2) is 36.4 Å². The Morgan fingerprint density at radius 3 is 2.41 bits per heavy atom. The zero-order valence-electron chi connectivity index (χ0n) is 12.7. The van der Waals surface area contributed by atoms with E-state index in [1.807, 2.05) is 54.8 Å². The monoisotopic (exact) mass is 297 g/mol. The number of hydrazine groups is 1. The molecule has 0 bridgehead atoms. The highest BCUT2D eigenvalue weighted by atomic mass is 16.2. The summed E-state index contributed by atoms with van der Waals surface area (Å²) in [5, 5.41) is 0. The fraction of sp³-hybridized carbons (Fsp3) is 0.294. The lowest BCUT2D eigenvalue weighted by molar-refractivity contribution is -0.123. The molecule has 0 atom stereocenters. The largest absolute Gasteiger partial charge is 0.318 e. The molecule has 114 valence electrons. The van der Waals surface area contributed by atoms with E-state index >= 15 is 0 Å². The molecule has 0 unspecified atom stereocenters. The molecule has 1 aromatic heterocycles. The SMILES string of the molecule is Cc1cc(C(=O)NNC(=O)C2CC2)c(C)n1-c1ccccc1. The normalized spacial score (nSPS) is 13.7. The minimum atomic E-state index is -0.288. The number of para-hydroxylation sites is 1. The summed E-state index contributed by atoms with van der Waals surface area (Å²) in [6.07, 6.45) is 1.81. The molecule has 0 spiro atoms. The second-order valence-corrected chi connectivity index (χ2v) is 5.67. The molecule has 1 aromatic carbocycles. The Balaban J connectivity index is 1.79. The van der Waals surface area contributed by atoms with Crippen LogP contribution in [0.4, 0.5) is 0 Å². The van der Waals surface area contributed by atoms with Crippen molar-refractivity contribution in [1.82, 2.24) is 15.4 Å². The summed E-state index contributed by atoms with van der Waals surface area (Å²) in [5.74, 6) is -0.327. The molecule has 2 N–H and O–H groups in total. The molecular formula is C17H19N3O2. The standard InChI is InChI=1S/C17H19N3O2/c1-11-10-15(17(22)19-18-16(21)13-8-9-13)12(2)20(11)14-6-4-3-5-7-14/h3-7,10,13H,8-9H2,1-2H3,(H,18,21)(H,19,22). The minimum absolute atomic E-state index is 0.0667. The molecule has 0 aliphatic heterocycles. The van der Waals surface area contributed by atoms with Crippen LogP contribution >= 0.6 is 0 Å². The van der Waals surface area contributed by atoms with E-state index in [9.17, 15) is 9.59 Å². The highest BCUT2D eigenvalue weighted by molar-refractivity contribution is 5.97. The number of carbonyl (C=O) groups excluding carboxylic acids is 2. The number of aryl methyl sites for hydroxylation is 1. The third kappa shape index (κ3) is 2.74. The summed E-state index contributed by atoms with van der Waals surface area (Å²) >= 11 is 0. The first-order chi connectivity index (χ1) is 10.6. The highest BCUT2D eigenvalue weighted by Crippen LogP contribution is 2.28. The molecule has 0 saturated heterocycles. The average molecular weight is 297 g/mol. The van der Waals surface area contributed by atoms with Gasteiger partial charge in [0.2, 0.25) is 5.91 Å². The van der Waals surface area contributed by atoms with Gasteiger partial charge in [0, 0.05) is 23.0 Å². The van der Waals surface area contributed by atoms with E-state index in [0.29, 0.717) is 5.56 Å². The summed E-state index contributed by atoms with van der Waals surface area (Å²) < 4.78 is 2.03. The van der Waals surface area contributed by atoms with Crippen LogP contribution in [0.1, 0.15) is 34.6 Å². The van der Waals surface area contributed by atoms with Crippen molar-refractivity contribution in [3.05, 3.63) is 53.3 Å². The summed E-state index contributed by atoms with van der Waals surface area (Å²) in [6.45, 7) is 3.86. The van der Waals surface area contributed by atoms with Gasteiger partial charge in [-0.3, -0.25) is 20.4 Å². The maximum absolute atomic E-state index is 12.3. The molecule has 5 heteroatoms. The van der Waals surface area contributed by atoms with Crippen molar-refractivity contribution in [3.8, 4) is 5.69 Å². The van der Waals surface area contributed by atoms with Crippen molar-refractivity contribution in [1.29, 1.82) is 0 Å². The predicted molar refractivity (Wildman–Crippen MR) is 83.6 cm³/mol. The molecule has 2 amide bonds. The number of hydrogen-bond acceptors (Lipinski definition) is 2. The second-order valence-electron chi connectivity index (χ2n) is 5.67. The van der Waals surface area contributed by atoms with Crippen LogP contribution in [0.25, 0.3) is 5.69 Å². The van der Waals surface area contributed by atoms with Gasteiger partial charge in [-0.1, -0.05) is 18.2 Å². The van der Waals surface area contributed by atoms with Crippen molar-refractivity contribution < 1.29 is 9.59 Å². The van der Waals surface area contributed by atoms with Gasteiger partial charge in [-0.25, -0.2) is 0 Å². The van der Waals surface area contributed by atoms with E-state index in [0.717, 1.165) is 29.9 Å². The first-order valence-electron chi connectivity index (χ1n) is 7.42. The fourth-order valence-corrected chi connectivity index (χ4v) is 2.60. The number of hydrogen-bond donors (Lipinski definition) is 2. The van der Waals surface area contributed by atoms with Crippen LogP contribution in [0.5, 0.6) is 0 Å². The maximum atomic E-state index is 12.3. The summed E-state index contributed by atoms with van der Waals surface area (Å²) in [4.78, 5) is 23.9. The Morgan fingerprint density at radius 1 is 1.09 bits per heavy atom. The molecule has 2 aromatic rings. The number of benzene rings is 1. The van der Waals surface area contributed by atoms with Crippen LogP contribution in [-0.2, 0) is 4.79 Å². The molecule has 1 aliphatic rings. The Morgan fingerprint density at radius 2 is 1.77 bits per heavy atom. The highest BCUT2D eigenvalue weighted by Gasteiger charge is 2.30. The van der Waals surface area contributed by atoms with Gasteiger partial charge in [-0.15, -0.1) is 0 Å². The van der Waals surface area contributed by atoms with Gasteiger partial charge in [0.1, 0.15) is 0 Å². The molecule has 1 fully saturated rings. The Hall–Kier alpha value is -2.56. The van der Waals surface area contributed by atoms with Crippen LogP contribution in [0.2, 0.25) is 0 Å². The van der Waals surface area contributed by atoms with Crippen LogP contribution < -0.4 is 10.9 Å². The smallest absolute Gasteiger partial charge is 0.271 e. The third-order valence-electron chi connectivity index (χ3n) is 3.94. The molecule has 5 nitrogen and oxygen atoms in total. The Labute approximate surface area is 129 Å². The summed E-state index contributed by atoms with van der Waals surface area (Å²) in [7, 11) is 0. The van der Waals surface area contributed by atoms with Gasteiger partial charge in [-0.2, -0.15) is 0 Å². The quantitative estimate of drug-likeness (QED) is 0.854. The number of nitrogens with one attached hydrogen (secondary N) is 2. The summed E-state index contributed by atoms with van der Waals surface area (Å²) in [6, 6.07) is 11.7. The first kappa shape index (κ1) is 14.4. The van der Waals surface area contributed by atoms with Gasteiger partial charge < -0.3 is 4.57 Å². The zero-order valence-corrected chi connectivity index (χ0v) is 12.7. The van der Waals surface area contributed by atoms with Crippen molar-refractivity contribution >= 4 is 11.8 Å². The molecule has 3 rings (SSSR count). The lowest BCUT2D eigenvalue weighted by Crippen LogP contribution is -2.42. The van der Waals surface area contributed by atoms with Crippen molar-refractivity contribution in [2.45, 2.75) is 26.7 Å². The number of carbonyl (C=O) groups is 2. The van der Waals surface area contributed by atoms with Crippen LogP contribution in [-0.4, -0.2) is 16.4 Å². The number of nitrogens with zero attached hydrogens (tertiary/aromatic N) is 1. The van der Waals surface area contributed by atoms with Gasteiger partial charge in [0.15, 0.2) is 0 Å². The maximum Gasteiger partial charge on any atom is 0.271 e. The summed E-state index contributed by atoms with van der Waals surface area (Å²) in [5.41, 5.74) is 8.39. The third-order valence-corrected chi connectivity index (χ3v) is 3.94. The zero-order chi connectivity index (χ0) is 15.7. The van der Waals surface area contributed by atoms with Gasteiger partial charge in [0.25, 0.3) is 5.91 Å². The first-order valence-corrected chi connectivity index (χ1v) is 7.42. The molecule has 1 saturated carbocycles. The van der Waals surface area contributed by atoms with Crippen molar-refractivity contribution in [3.63, 3.8) is 0 Å². The number of rotatable bonds is 3. The molecule has 1 heterocycles. The molecule has 22 heavy (non-hydrogen) atoms. The Bertz CT molecular complexity index is 715. The topological polar surface area (TPSA) is 63.1 Å². The van der Waals surface area contributed by atoms with E-state index in [2.05, 4.69) is 10.9 Å². The molecule has 0 radical (unpaired) electrons. The predicted octanol–water partition coefficient (Wildman–Crippen LogP) is 2.27. The number of aromatic nitrogens is 1. The van der Waals surface area contributed by atoms with E-state index in [1.165, 1.54) is 0 Å². The lowest BCUT2D eigenvalue weighted by atomic mass is 10.2. The van der Waals surface area contributed by atoms with Crippen LogP contribution in [0.3, 0.4) is 0 Å². The number of amides is 2. The van der Waals surface area contributed by atoms with Gasteiger partial charge >= 0.3 is 0 Å². The fourth-order valence-electron chi connectivity index (χ4n) is 2.60. The van der Waals surface area contributed by atoms with E-state index in [-0.39, 0.29) is 17.7 Å². The van der Waals surface area contributed by atoms with E-state index in [1.54, 1.807) is 0 Å². The average Bonchev–Trinajstić information content (AvgIpc) is 3.32. The van der Waals surface area contributed by atoms with E-state index < -0.39 is 0 Å². The van der Waals surface area contributed by atoms with Crippen molar-refractivity contribution in [2.24, 2.45) is 5.92 Å². The molecule has 1 aliphatic carbocycles. The van der Waals surface area contributed by atoms with Gasteiger partial charge in [-0.05, 0) is 44.9 Å². The Kier molecular flexibility index (Phi) is 3.71. The minimum Gasteiger partial charge on any atom is -0.318 e. The van der Waals surface area contributed by atoms with Crippen LogP contribution in [0, 0.1) is 19.8 Å². The van der Waals surface area contributed by atoms with Crippen molar-refractivity contribution in [2.75, 3.05) is 0 Å². The lowest BCUT2D eigenvalue weighted by Gasteiger charge is -2.10.